The van der Waals surface area contributed by atoms with Gasteiger partial charge in [-0.3, -0.25) is 4.79 Å². The molecule has 0 aliphatic carbocycles. The maximum atomic E-state index is 13.2. The number of carbonyl (C=O) groups excluding carboxylic acids is 1. The lowest BCUT2D eigenvalue weighted by Crippen LogP contribution is -2.12. The van der Waals surface area contributed by atoms with Crippen LogP contribution in [0.25, 0.3) is 0 Å². The van der Waals surface area contributed by atoms with Crippen molar-refractivity contribution in [2.75, 3.05) is 18.2 Å². The molecule has 1 amide bonds. The molecule has 20 heavy (non-hydrogen) atoms. The fraction of sp³-hybridized carbons (Fsp3) is 0.133. The Kier molecular flexibility index (Phi) is 3.89. The van der Waals surface area contributed by atoms with Crippen LogP contribution in [0.5, 0.6) is 5.75 Å². The van der Waals surface area contributed by atoms with E-state index < -0.39 is 5.82 Å². The number of methoxy groups -OCH3 is 1. The molecule has 0 unspecified atom stereocenters. The lowest BCUT2D eigenvalue weighted by Gasteiger charge is -2.09. The Balaban J connectivity index is 2.23. The summed E-state index contributed by atoms with van der Waals surface area (Å²) in [7, 11) is 1.54. The molecular formula is C15H15FN2O2. The molecule has 4 nitrogen and oxygen atoms in total. The fourth-order valence-corrected chi connectivity index (χ4v) is 1.85. The highest BCUT2D eigenvalue weighted by Gasteiger charge is 2.09. The van der Waals surface area contributed by atoms with Gasteiger partial charge in [-0.2, -0.15) is 0 Å². The average molecular weight is 274 g/mol. The van der Waals surface area contributed by atoms with E-state index in [1.165, 1.54) is 25.3 Å². The molecule has 2 aromatic rings. The third kappa shape index (κ3) is 3.06. The zero-order valence-electron chi connectivity index (χ0n) is 11.2. The van der Waals surface area contributed by atoms with Gasteiger partial charge in [0.05, 0.1) is 7.11 Å². The van der Waals surface area contributed by atoms with Gasteiger partial charge in [-0.25, -0.2) is 4.39 Å². The van der Waals surface area contributed by atoms with Crippen LogP contribution in [0.15, 0.2) is 36.4 Å². The Labute approximate surface area is 116 Å². The first kappa shape index (κ1) is 13.9. The van der Waals surface area contributed by atoms with E-state index in [0.29, 0.717) is 17.0 Å². The summed E-state index contributed by atoms with van der Waals surface area (Å²) in [6.45, 7) is 1.88. The molecule has 2 rings (SSSR count). The molecule has 0 atom stereocenters. The van der Waals surface area contributed by atoms with Crippen molar-refractivity contribution in [2.45, 2.75) is 6.92 Å². The van der Waals surface area contributed by atoms with E-state index in [9.17, 15) is 9.18 Å². The van der Waals surface area contributed by atoms with Gasteiger partial charge in [-0.05, 0) is 42.8 Å². The summed E-state index contributed by atoms with van der Waals surface area (Å²) >= 11 is 0. The molecule has 0 aliphatic heterocycles. The van der Waals surface area contributed by atoms with E-state index >= 15 is 0 Å². The van der Waals surface area contributed by atoms with Crippen molar-refractivity contribution in [3.63, 3.8) is 0 Å². The number of hydrogen-bond donors (Lipinski definition) is 2. The summed E-state index contributed by atoms with van der Waals surface area (Å²) in [4.78, 5) is 12.1. The fourth-order valence-electron chi connectivity index (χ4n) is 1.85. The van der Waals surface area contributed by atoms with E-state index in [2.05, 4.69) is 5.32 Å². The summed E-state index contributed by atoms with van der Waals surface area (Å²) in [6, 6.07) is 8.98. The smallest absolute Gasteiger partial charge is 0.255 e. The number of halogens is 1. The third-order valence-electron chi connectivity index (χ3n) is 2.85. The number of ether oxygens (including phenoxy) is 1. The maximum absolute atomic E-state index is 13.2. The van der Waals surface area contributed by atoms with Gasteiger partial charge in [0, 0.05) is 16.9 Å². The van der Waals surface area contributed by atoms with Crippen molar-refractivity contribution in [3.8, 4) is 5.75 Å². The van der Waals surface area contributed by atoms with E-state index in [-0.39, 0.29) is 11.6 Å². The highest BCUT2D eigenvalue weighted by Crippen LogP contribution is 2.21. The maximum Gasteiger partial charge on any atom is 0.255 e. The Morgan fingerprint density at radius 3 is 2.65 bits per heavy atom. The molecule has 0 heterocycles. The molecule has 0 fully saturated rings. The molecule has 0 saturated carbocycles. The van der Waals surface area contributed by atoms with Crippen LogP contribution in [0.2, 0.25) is 0 Å². The molecular weight excluding hydrogens is 259 g/mol. The number of amides is 1. The summed E-state index contributed by atoms with van der Waals surface area (Å²) < 4.78 is 18.4. The lowest BCUT2D eigenvalue weighted by atomic mass is 10.1. The second-order valence-electron chi connectivity index (χ2n) is 4.41. The number of nitrogen functional groups attached to an aromatic ring is 1. The first-order chi connectivity index (χ1) is 9.49. The van der Waals surface area contributed by atoms with Crippen molar-refractivity contribution >= 4 is 17.3 Å². The summed E-state index contributed by atoms with van der Waals surface area (Å²) in [5.74, 6) is -0.230. The zero-order valence-corrected chi connectivity index (χ0v) is 11.2. The molecule has 0 radical (unpaired) electrons. The Hall–Kier alpha value is -2.56. The van der Waals surface area contributed by atoms with Gasteiger partial charge in [0.1, 0.15) is 11.6 Å². The number of aryl methyl sites for hydroxylation is 1. The van der Waals surface area contributed by atoms with Crippen LogP contribution in [0.3, 0.4) is 0 Å². The quantitative estimate of drug-likeness (QED) is 0.846. The van der Waals surface area contributed by atoms with Gasteiger partial charge in [0.25, 0.3) is 5.91 Å². The van der Waals surface area contributed by atoms with E-state index in [0.717, 1.165) is 5.56 Å². The number of benzene rings is 2. The van der Waals surface area contributed by atoms with Crippen LogP contribution in [-0.2, 0) is 0 Å². The lowest BCUT2D eigenvalue weighted by molar-refractivity contribution is 0.102. The SMILES string of the molecule is COc1cc(C(=O)Nc2cc(N)cc(F)c2)ccc1C. The van der Waals surface area contributed by atoms with Crippen molar-refractivity contribution in [3.05, 3.63) is 53.3 Å². The normalized spacial score (nSPS) is 10.2. The summed E-state index contributed by atoms with van der Waals surface area (Å²) in [5.41, 5.74) is 7.45. The molecule has 104 valence electrons. The Bertz CT molecular complexity index is 636. The number of anilines is 2. The molecule has 0 spiro atoms. The van der Waals surface area contributed by atoms with Crippen LogP contribution in [0, 0.1) is 12.7 Å². The van der Waals surface area contributed by atoms with E-state index in [1.54, 1.807) is 18.2 Å². The molecule has 0 aromatic heterocycles. The van der Waals surface area contributed by atoms with Crippen LogP contribution in [0.4, 0.5) is 15.8 Å². The minimum Gasteiger partial charge on any atom is -0.496 e. The number of carbonyl (C=O) groups is 1. The second kappa shape index (κ2) is 5.61. The molecule has 0 bridgehead atoms. The minimum atomic E-state index is -0.498. The van der Waals surface area contributed by atoms with Gasteiger partial charge >= 0.3 is 0 Å². The highest BCUT2D eigenvalue weighted by atomic mass is 19.1. The third-order valence-corrected chi connectivity index (χ3v) is 2.85. The summed E-state index contributed by atoms with van der Waals surface area (Å²) in [5, 5.41) is 2.60. The van der Waals surface area contributed by atoms with Crippen LogP contribution < -0.4 is 15.8 Å². The van der Waals surface area contributed by atoms with Crippen molar-refractivity contribution < 1.29 is 13.9 Å². The van der Waals surface area contributed by atoms with Gasteiger partial charge in [-0.15, -0.1) is 0 Å². The van der Waals surface area contributed by atoms with Crippen molar-refractivity contribution in [1.29, 1.82) is 0 Å². The van der Waals surface area contributed by atoms with Crippen molar-refractivity contribution in [2.24, 2.45) is 0 Å². The van der Waals surface area contributed by atoms with Gasteiger partial charge in [0.15, 0.2) is 0 Å². The minimum absolute atomic E-state index is 0.252. The molecule has 2 aromatic carbocycles. The largest absolute Gasteiger partial charge is 0.496 e. The number of nitrogens with two attached hydrogens (primary N) is 1. The van der Waals surface area contributed by atoms with Crippen LogP contribution in [-0.4, -0.2) is 13.0 Å². The zero-order chi connectivity index (χ0) is 14.7. The number of nitrogens with one attached hydrogen (secondary N) is 1. The Morgan fingerprint density at radius 1 is 1.25 bits per heavy atom. The number of hydrogen-bond acceptors (Lipinski definition) is 3. The van der Waals surface area contributed by atoms with E-state index in [4.69, 9.17) is 10.5 Å². The second-order valence-corrected chi connectivity index (χ2v) is 4.41. The van der Waals surface area contributed by atoms with E-state index in [1.807, 2.05) is 6.92 Å². The standard InChI is InChI=1S/C15H15FN2O2/c1-9-3-4-10(5-14(9)20-2)15(19)18-13-7-11(16)6-12(17)8-13/h3-8H,17H2,1-2H3,(H,18,19). The summed E-state index contributed by atoms with van der Waals surface area (Å²) in [6.07, 6.45) is 0. The van der Waals surface area contributed by atoms with Crippen LogP contribution >= 0.6 is 0 Å². The predicted octanol–water partition coefficient (Wildman–Crippen LogP) is 2.98. The molecule has 0 aliphatic rings. The molecule has 0 saturated heterocycles. The van der Waals surface area contributed by atoms with Crippen LogP contribution in [0.1, 0.15) is 15.9 Å². The molecule has 5 heteroatoms. The topological polar surface area (TPSA) is 64.3 Å². The highest BCUT2D eigenvalue weighted by molar-refractivity contribution is 6.04. The van der Waals surface area contributed by atoms with Gasteiger partial charge in [-0.1, -0.05) is 6.07 Å². The first-order valence-electron chi connectivity index (χ1n) is 6.01. The predicted molar refractivity (Wildman–Crippen MR) is 76.5 cm³/mol. The first-order valence-corrected chi connectivity index (χ1v) is 6.01. The van der Waals surface area contributed by atoms with Gasteiger partial charge in [0.2, 0.25) is 0 Å². The number of rotatable bonds is 3. The Morgan fingerprint density at radius 2 is 2.00 bits per heavy atom. The van der Waals surface area contributed by atoms with Crippen molar-refractivity contribution in [1.82, 2.24) is 0 Å². The monoisotopic (exact) mass is 274 g/mol. The molecule has 3 N–H and O–H groups in total. The average Bonchev–Trinajstić information content (AvgIpc) is 2.37. The van der Waals surface area contributed by atoms with Gasteiger partial charge < -0.3 is 15.8 Å².